The minimum absolute atomic E-state index is 0.0934. The van der Waals surface area contributed by atoms with Crippen molar-refractivity contribution in [3.63, 3.8) is 0 Å². The zero-order valence-corrected chi connectivity index (χ0v) is 18.3. The molecular formula is C22H24O7S. The summed E-state index contributed by atoms with van der Waals surface area (Å²) in [6.07, 6.45) is -0.0934. The van der Waals surface area contributed by atoms with Crippen molar-refractivity contribution in [1.29, 1.82) is 0 Å². The Kier molecular flexibility index (Phi) is 7.12. The summed E-state index contributed by atoms with van der Waals surface area (Å²) < 4.78 is 33.0. The van der Waals surface area contributed by atoms with Gasteiger partial charge in [0.2, 0.25) is 5.75 Å². The number of hydrogen-bond acceptors (Lipinski definition) is 8. The molecule has 8 heteroatoms. The fraction of sp³-hybridized carbons (Fsp3) is 0.318. The maximum absolute atomic E-state index is 12.9. The minimum Gasteiger partial charge on any atom is -0.492 e. The SMILES string of the molecule is COCOc1ccc(Sc2cc(=O)c3c(OC)c(OC)c(OC(C)C)cc3o2)cc1. The molecule has 0 spiro atoms. The molecule has 160 valence electrons. The van der Waals surface area contributed by atoms with Gasteiger partial charge in [0.05, 0.1) is 20.3 Å². The molecule has 0 aliphatic carbocycles. The highest BCUT2D eigenvalue weighted by atomic mass is 32.2. The number of hydrogen-bond donors (Lipinski definition) is 0. The van der Waals surface area contributed by atoms with E-state index >= 15 is 0 Å². The molecule has 1 heterocycles. The first-order chi connectivity index (χ1) is 14.5. The van der Waals surface area contributed by atoms with Crippen molar-refractivity contribution in [2.45, 2.75) is 29.9 Å². The van der Waals surface area contributed by atoms with Crippen LogP contribution in [0.2, 0.25) is 0 Å². The van der Waals surface area contributed by atoms with Gasteiger partial charge in [-0.3, -0.25) is 4.79 Å². The van der Waals surface area contributed by atoms with Gasteiger partial charge < -0.3 is 28.1 Å². The smallest absolute Gasteiger partial charge is 0.204 e. The first-order valence-corrected chi connectivity index (χ1v) is 10.1. The maximum atomic E-state index is 12.9. The highest BCUT2D eigenvalue weighted by Crippen LogP contribution is 2.43. The Morgan fingerprint density at radius 3 is 2.30 bits per heavy atom. The van der Waals surface area contributed by atoms with Gasteiger partial charge in [-0.2, -0.15) is 0 Å². The predicted molar refractivity (Wildman–Crippen MR) is 114 cm³/mol. The van der Waals surface area contributed by atoms with E-state index in [1.165, 1.54) is 32.0 Å². The molecule has 0 N–H and O–H groups in total. The van der Waals surface area contributed by atoms with Gasteiger partial charge in [-0.05, 0) is 38.1 Å². The third-order valence-corrected chi connectivity index (χ3v) is 4.94. The Labute approximate surface area is 178 Å². The Balaban J connectivity index is 2.00. The average Bonchev–Trinajstić information content (AvgIpc) is 2.71. The molecule has 0 fully saturated rings. The Morgan fingerprint density at radius 1 is 1.00 bits per heavy atom. The van der Waals surface area contributed by atoms with Gasteiger partial charge in [-0.1, -0.05) is 11.8 Å². The fourth-order valence-corrected chi connectivity index (χ4v) is 3.65. The van der Waals surface area contributed by atoms with Gasteiger partial charge in [-0.25, -0.2) is 0 Å². The van der Waals surface area contributed by atoms with E-state index in [0.29, 0.717) is 33.3 Å². The van der Waals surface area contributed by atoms with Crippen LogP contribution >= 0.6 is 11.8 Å². The van der Waals surface area contributed by atoms with Crippen molar-refractivity contribution in [3.8, 4) is 23.0 Å². The number of rotatable bonds is 9. The van der Waals surface area contributed by atoms with E-state index < -0.39 is 0 Å². The van der Waals surface area contributed by atoms with E-state index in [9.17, 15) is 4.79 Å². The molecule has 2 aromatic carbocycles. The lowest BCUT2D eigenvalue weighted by Crippen LogP contribution is -2.09. The molecule has 0 aliphatic rings. The highest BCUT2D eigenvalue weighted by Gasteiger charge is 2.21. The van der Waals surface area contributed by atoms with Crippen LogP contribution in [-0.4, -0.2) is 34.2 Å². The van der Waals surface area contributed by atoms with Gasteiger partial charge in [0.15, 0.2) is 28.8 Å². The van der Waals surface area contributed by atoms with Crippen LogP contribution in [0.5, 0.6) is 23.0 Å². The highest BCUT2D eigenvalue weighted by molar-refractivity contribution is 7.99. The van der Waals surface area contributed by atoms with E-state index in [1.54, 1.807) is 13.2 Å². The van der Waals surface area contributed by atoms with Crippen molar-refractivity contribution in [3.05, 3.63) is 46.6 Å². The number of methoxy groups -OCH3 is 3. The Morgan fingerprint density at radius 2 is 1.70 bits per heavy atom. The van der Waals surface area contributed by atoms with E-state index in [1.807, 2.05) is 38.1 Å². The van der Waals surface area contributed by atoms with E-state index in [2.05, 4.69) is 0 Å². The topological polar surface area (TPSA) is 76.4 Å². The van der Waals surface area contributed by atoms with Crippen molar-refractivity contribution < 1.29 is 28.1 Å². The van der Waals surface area contributed by atoms with Crippen LogP contribution in [0.15, 0.2) is 55.6 Å². The van der Waals surface area contributed by atoms with E-state index in [4.69, 9.17) is 28.1 Å². The predicted octanol–water partition coefficient (Wildman–Crippen LogP) is 4.73. The van der Waals surface area contributed by atoms with Gasteiger partial charge in [-0.15, -0.1) is 0 Å². The molecule has 3 aromatic rings. The van der Waals surface area contributed by atoms with Crippen molar-refractivity contribution in [2.75, 3.05) is 28.1 Å². The first kappa shape index (κ1) is 21.9. The molecule has 0 radical (unpaired) electrons. The van der Waals surface area contributed by atoms with Crippen LogP contribution in [0.25, 0.3) is 11.0 Å². The molecule has 0 amide bonds. The summed E-state index contributed by atoms with van der Waals surface area (Å²) in [6.45, 7) is 3.98. The van der Waals surface area contributed by atoms with Crippen LogP contribution in [0.4, 0.5) is 0 Å². The standard InChI is InChI=1S/C22H24O7S/c1-13(2)28-18-11-17-20(22(26-5)21(18)25-4)16(23)10-19(29-17)30-15-8-6-14(7-9-15)27-12-24-3/h6-11,13H,12H2,1-5H3. The van der Waals surface area contributed by atoms with Gasteiger partial charge >= 0.3 is 0 Å². The molecule has 30 heavy (non-hydrogen) atoms. The zero-order chi connectivity index (χ0) is 21.7. The molecule has 0 aliphatic heterocycles. The molecular weight excluding hydrogens is 408 g/mol. The summed E-state index contributed by atoms with van der Waals surface area (Å²) in [4.78, 5) is 13.8. The molecule has 0 unspecified atom stereocenters. The molecule has 0 atom stereocenters. The molecule has 0 saturated carbocycles. The summed E-state index contributed by atoms with van der Waals surface area (Å²) >= 11 is 1.33. The van der Waals surface area contributed by atoms with Crippen LogP contribution in [0.1, 0.15) is 13.8 Å². The Hall–Kier alpha value is -2.84. The van der Waals surface area contributed by atoms with Crippen LogP contribution in [0.3, 0.4) is 0 Å². The van der Waals surface area contributed by atoms with Gasteiger partial charge in [0.25, 0.3) is 0 Å². The van der Waals surface area contributed by atoms with Crippen LogP contribution < -0.4 is 24.4 Å². The van der Waals surface area contributed by atoms with Crippen LogP contribution in [0, 0.1) is 0 Å². The second-order valence-electron chi connectivity index (χ2n) is 6.53. The van der Waals surface area contributed by atoms with Gasteiger partial charge in [0.1, 0.15) is 16.7 Å². The normalized spacial score (nSPS) is 11.0. The van der Waals surface area contributed by atoms with E-state index in [-0.39, 0.29) is 24.1 Å². The molecule has 3 rings (SSSR count). The number of benzene rings is 2. The molecule has 7 nitrogen and oxygen atoms in total. The Bertz CT molecular complexity index is 1060. The van der Waals surface area contributed by atoms with E-state index in [0.717, 1.165) is 4.90 Å². The summed E-state index contributed by atoms with van der Waals surface area (Å²) in [7, 11) is 4.54. The third kappa shape index (κ3) is 4.83. The molecule has 0 bridgehead atoms. The fourth-order valence-electron chi connectivity index (χ4n) is 2.85. The first-order valence-electron chi connectivity index (χ1n) is 9.26. The summed E-state index contributed by atoms with van der Waals surface area (Å²) in [5, 5.41) is 0.749. The maximum Gasteiger partial charge on any atom is 0.204 e. The number of fused-ring (bicyclic) bond motifs is 1. The summed E-state index contributed by atoms with van der Waals surface area (Å²) in [5.41, 5.74) is 0.128. The molecule has 1 aromatic heterocycles. The third-order valence-electron chi connectivity index (χ3n) is 4.03. The molecule has 0 saturated heterocycles. The lowest BCUT2D eigenvalue weighted by atomic mass is 10.1. The summed E-state index contributed by atoms with van der Waals surface area (Å²) in [6, 6.07) is 10.5. The summed E-state index contributed by atoms with van der Waals surface area (Å²) in [5.74, 6) is 1.78. The monoisotopic (exact) mass is 432 g/mol. The zero-order valence-electron chi connectivity index (χ0n) is 17.5. The quantitative estimate of drug-likeness (QED) is 0.449. The second-order valence-corrected chi connectivity index (χ2v) is 7.61. The van der Waals surface area contributed by atoms with Crippen molar-refractivity contribution >= 4 is 22.7 Å². The lowest BCUT2D eigenvalue weighted by molar-refractivity contribution is 0.0511. The second kappa shape index (κ2) is 9.77. The van der Waals surface area contributed by atoms with Gasteiger partial charge in [0, 0.05) is 24.1 Å². The lowest BCUT2D eigenvalue weighted by Gasteiger charge is -2.17. The van der Waals surface area contributed by atoms with Crippen LogP contribution in [-0.2, 0) is 4.74 Å². The largest absolute Gasteiger partial charge is 0.492 e. The average molecular weight is 432 g/mol. The van der Waals surface area contributed by atoms with Crippen molar-refractivity contribution in [1.82, 2.24) is 0 Å². The number of ether oxygens (including phenoxy) is 5. The minimum atomic E-state index is -0.231. The van der Waals surface area contributed by atoms with Crippen molar-refractivity contribution in [2.24, 2.45) is 0 Å².